The molecule has 3 rings (SSSR count). The molecule has 0 fully saturated rings. The van der Waals surface area contributed by atoms with E-state index in [4.69, 9.17) is 9.15 Å². The molecule has 1 aromatic carbocycles. The van der Waals surface area contributed by atoms with Gasteiger partial charge in [-0.1, -0.05) is 18.2 Å². The van der Waals surface area contributed by atoms with Crippen molar-refractivity contribution in [3.63, 3.8) is 0 Å². The van der Waals surface area contributed by atoms with E-state index in [0.717, 1.165) is 27.0 Å². The molecule has 6 nitrogen and oxygen atoms in total. The van der Waals surface area contributed by atoms with E-state index in [1.807, 2.05) is 39.1 Å². The second kappa shape index (κ2) is 7.78. The molecule has 0 bridgehead atoms. The van der Waals surface area contributed by atoms with E-state index >= 15 is 0 Å². The van der Waals surface area contributed by atoms with Crippen LogP contribution in [0.4, 0.5) is 0 Å². The minimum atomic E-state index is -0.281. The molecule has 26 heavy (non-hydrogen) atoms. The number of nitrogens with one attached hydrogen (secondary N) is 1. The number of rotatable bonds is 6. The van der Waals surface area contributed by atoms with Gasteiger partial charge in [0.25, 0.3) is 5.91 Å². The number of halogens is 1. The quantitative estimate of drug-likeness (QED) is 0.659. The van der Waals surface area contributed by atoms with Gasteiger partial charge < -0.3 is 14.5 Å². The number of para-hydroxylation sites is 1. The lowest BCUT2D eigenvalue weighted by molar-refractivity contribution is 0.0918. The number of hydrogen-bond donors (Lipinski definition) is 1. The number of carbonyl (C=O) groups excluding carboxylic acids is 1. The molecule has 1 amide bonds. The van der Waals surface area contributed by atoms with Crippen molar-refractivity contribution in [3.8, 4) is 5.75 Å². The zero-order chi connectivity index (χ0) is 18.7. The molecule has 136 valence electrons. The lowest BCUT2D eigenvalue weighted by Crippen LogP contribution is -2.23. The maximum absolute atomic E-state index is 12.3. The summed E-state index contributed by atoms with van der Waals surface area (Å²) in [5, 5.41) is 6.94. The first-order chi connectivity index (χ1) is 12.5. The van der Waals surface area contributed by atoms with Crippen LogP contribution in [0, 0.1) is 13.8 Å². The van der Waals surface area contributed by atoms with Crippen LogP contribution in [-0.2, 0) is 20.2 Å². The van der Waals surface area contributed by atoms with E-state index in [9.17, 15) is 4.79 Å². The van der Waals surface area contributed by atoms with Crippen LogP contribution in [-0.4, -0.2) is 15.7 Å². The first-order valence-corrected chi connectivity index (χ1v) is 8.97. The smallest absolute Gasteiger partial charge is 0.287 e. The lowest BCUT2D eigenvalue weighted by Gasteiger charge is -2.10. The summed E-state index contributed by atoms with van der Waals surface area (Å²) in [7, 11) is 1.82. The number of ether oxygens (including phenoxy) is 1. The zero-order valence-corrected chi connectivity index (χ0v) is 16.5. The van der Waals surface area contributed by atoms with E-state index in [2.05, 4.69) is 26.3 Å². The van der Waals surface area contributed by atoms with Crippen LogP contribution in [0.5, 0.6) is 5.75 Å². The third-order valence-electron chi connectivity index (χ3n) is 4.08. The molecule has 0 aliphatic heterocycles. The normalized spacial score (nSPS) is 10.8. The van der Waals surface area contributed by atoms with E-state index in [1.54, 1.807) is 23.0 Å². The Morgan fingerprint density at radius 1 is 1.27 bits per heavy atom. The molecule has 7 heteroatoms. The van der Waals surface area contributed by atoms with Crippen LogP contribution in [0.3, 0.4) is 0 Å². The maximum Gasteiger partial charge on any atom is 0.287 e. The molecule has 0 saturated carbocycles. The summed E-state index contributed by atoms with van der Waals surface area (Å²) < 4.78 is 14.0. The minimum Gasteiger partial charge on any atom is -0.485 e. The number of furan rings is 1. The van der Waals surface area contributed by atoms with Crippen LogP contribution in [0.25, 0.3) is 0 Å². The summed E-state index contributed by atoms with van der Waals surface area (Å²) in [5.74, 6) is 1.41. The Kier molecular flexibility index (Phi) is 5.46. The van der Waals surface area contributed by atoms with Gasteiger partial charge in [0.15, 0.2) is 5.76 Å². The Labute approximate surface area is 160 Å². The number of carbonyl (C=O) groups is 1. The summed E-state index contributed by atoms with van der Waals surface area (Å²) in [6.45, 7) is 4.62. The van der Waals surface area contributed by atoms with Crippen molar-refractivity contribution in [1.82, 2.24) is 15.1 Å². The second-order valence-electron chi connectivity index (χ2n) is 6.02. The van der Waals surface area contributed by atoms with Crippen molar-refractivity contribution in [2.75, 3.05) is 0 Å². The number of benzene rings is 1. The summed E-state index contributed by atoms with van der Waals surface area (Å²) in [6, 6.07) is 9.40. The van der Waals surface area contributed by atoms with Crippen molar-refractivity contribution in [1.29, 1.82) is 0 Å². The van der Waals surface area contributed by atoms with Gasteiger partial charge in [-0.3, -0.25) is 9.48 Å². The molecule has 0 saturated heterocycles. The fraction of sp³-hybridized carbons (Fsp3) is 0.263. The zero-order valence-electron chi connectivity index (χ0n) is 14.9. The second-order valence-corrected chi connectivity index (χ2v) is 6.88. The summed E-state index contributed by atoms with van der Waals surface area (Å²) in [4.78, 5) is 12.3. The van der Waals surface area contributed by atoms with E-state index in [-0.39, 0.29) is 18.3 Å². The Morgan fingerprint density at radius 2 is 2.00 bits per heavy atom. The highest BCUT2D eigenvalue weighted by molar-refractivity contribution is 9.10. The molecule has 0 spiro atoms. The molecule has 0 aliphatic carbocycles. The largest absolute Gasteiger partial charge is 0.485 e. The van der Waals surface area contributed by atoms with Crippen LogP contribution in [0.2, 0.25) is 0 Å². The Bertz CT molecular complexity index is 890. The molecule has 2 heterocycles. The Morgan fingerprint density at radius 3 is 2.65 bits per heavy atom. The summed E-state index contributed by atoms with van der Waals surface area (Å²) in [6.07, 6.45) is 1.69. The van der Waals surface area contributed by atoms with Gasteiger partial charge in [0.1, 0.15) is 18.1 Å². The molecular formula is C19H20BrN3O3. The highest BCUT2D eigenvalue weighted by Gasteiger charge is 2.14. The minimum absolute atomic E-state index is 0.253. The first kappa shape index (κ1) is 18.3. The van der Waals surface area contributed by atoms with Gasteiger partial charge in [-0.2, -0.15) is 5.10 Å². The molecule has 2 aromatic heterocycles. The van der Waals surface area contributed by atoms with Gasteiger partial charge in [-0.05, 0) is 53.0 Å². The van der Waals surface area contributed by atoms with Crippen molar-refractivity contribution in [2.24, 2.45) is 7.05 Å². The van der Waals surface area contributed by atoms with Crippen molar-refractivity contribution >= 4 is 21.8 Å². The average molecular weight is 418 g/mol. The SMILES string of the molecule is Cc1cccc(C)c1OCc1ccc(C(=O)NCc2c(Br)cnn2C)o1. The molecule has 0 atom stereocenters. The Hall–Kier alpha value is -2.54. The predicted molar refractivity (Wildman–Crippen MR) is 101 cm³/mol. The predicted octanol–water partition coefficient (Wildman–Crippen LogP) is 3.90. The fourth-order valence-corrected chi connectivity index (χ4v) is 3.12. The number of aromatic nitrogens is 2. The highest BCUT2D eigenvalue weighted by Crippen LogP contribution is 2.24. The lowest BCUT2D eigenvalue weighted by atomic mass is 10.1. The van der Waals surface area contributed by atoms with Crippen LogP contribution >= 0.6 is 15.9 Å². The average Bonchev–Trinajstić information content (AvgIpc) is 3.20. The van der Waals surface area contributed by atoms with Gasteiger partial charge in [0.05, 0.1) is 22.9 Å². The fourth-order valence-electron chi connectivity index (χ4n) is 2.63. The molecule has 3 aromatic rings. The van der Waals surface area contributed by atoms with E-state index < -0.39 is 0 Å². The maximum atomic E-state index is 12.3. The molecule has 0 unspecified atom stereocenters. The van der Waals surface area contributed by atoms with Gasteiger partial charge in [0, 0.05) is 7.05 Å². The Balaban J connectivity index is 1.60. The van der Waals surface area contributed by atoms with Gasteiger partial charge in [-0.25, -0.2) is 0 Å². The number of nitrogens with zero attached hydrogens (tertiary/aromatic N) is 2. The monoisotopic (exact) mass is 417 g/mol. The summed E-state index contributed by atoms with van der Waals surface area (Å²) in [5.41, 5.74) is 3.01. The third kappa shape index (κ3) is 3.99. The van der Waals surface area contributed by atoms with Gasteiger partial charge in [0.2, 0.25) is 0 Å². The van der Waals surface area contributed by atoms with Crippen molar-refractivity contribution in [2.45, 2.75) is 27.0 Å². The first-order valence-electron chi connectivity index (χ1n) is 8.18. The van der Waals surface area contributed by atoms with Crippen molar-refractivity contribution < 1.29 is 13.9 Å². The molecule has 0 aliphatic rings. The van der Waals surface area contributed by atoms with Gasteiger partial charge in [-0.15, -0.1) is 0 Å². The molecule has 1 N–H and O–H groups in total. The summed E-state index contributed by atoms with van der Waals surface area (Å²) >= 11 is 3.41. The number of amides is 1. The van der Waals surface area contributed by atoms with Crippen LogP contribution in [0.1, 0.15) is 33.1 Å². The molecule has 0 radical (unpaired) electrons. The van der Waals surface area contributed by atoms with E-state index in [1.165, 1.54) is 0 Å². The topological polar surface area (TPSA) is 69.3 Å². The standard InChI is InChI=1S/C19H20BrN3O3/c1-12-5-4-6-13(2)18(12)25-11-14-7-8-17(26-14)19(24)21-10-16-15(20)9-22-23(16)3/h4-9H,10-11H2,1-3H3,(H,21,24). The third-order valence-corrected chi connectivity index (χ3v) is 4.74. The van der Waals surface area contributed by atoms with Crippen molar-refractivity contribution in [3.05, 3.63) is 69.3 Å². The van der Waals surface area contributed by atoms with Crippen LogP contribution < -0.4 is 10.1 Å². The van der Waals surface area contributed by atoms with Gasteiger partial charge >= 0.3 is 0 Å². The highest BCUT2D eigenvalue weighted by atomic mass is 79.9. The number of aryl methyl sites for hydroxylation is 3. The van der Waals surface area contributed by atoms with E-state index in [0.29, 0.717) is 12.3 Å². The molecular weight excluding hydrogens is 398 g/mol. The van der Waals surface area contributed by atoms with Crippen LogP contribution in [0.15, 0.2) is 45.4 Å². The number of hydrogen-bond acceptors (Lipinski definition) is 4.